The molecule has 0 spiro atoms. The van der Waals surface area contributed by atoms with Crippen molar-refractivity contribution in [3.63, 3.8) is 0 Å². The number of aromatic nitrogens is 4. The molecule has 55 heavy (non-hydrogen) atoms. The van der Waals surface area contributed by atoms with E-state index in [9.17, 15) is 0 Å². The van der Waals surface area contributed by atoms with E-state index in [0.717, 1.165) is 58.6 Å². The second kappa shape index (κ2) is 21.8. The molecule has 5 nitrogen and oxygen atoms in total. The van der Waals surface area contributed by atoms with Gasteiger partial charge in [0, 0.05) is 23.5 Å². The van der Waals surface area contributed by atoms with E-state index in [1.807, 2.05) is 24.8 Å². The van der Waals surface area contributed by atoms with E-state index in [1.165, 1.54) is 127 Å². The second-order valence-electron chi connectivity index (χ2n) is 17.0. The zero-order valence-electron chi connectivity index (χ0n) is 34.7. The van der Waals surface area contributed by atoms with Crippen LogP contribution in [0.25, 0.3) is 22.5 Å². The Morgan fingerprint density at radius 1 is 0.473 bits per heavy atom. The predicted octanol–water partition coefficient (Wildman–Crippen LogP) is 14.1. The van der Waals surface area contributed by atoms with Gasteiger partial charge in [0.05, 0.1) is 47.4 Å². The van der Waals surface area contributed by atoms with Crippen molar-refractivity contribution in [3.05, 3.63) is 95.8 Å². The molecule has 0 saturated heterocycles. The molecule has 0 radical (unpaired) electrons. The van der Waals surface area contributed by atoms with Crippen LogP contribution < -0.4 is 0 Å². The van der Waals surface area contributed by atoms with Crippen LogP contribution in [0.5, 0.6) is 0 Å². The van der Waals surface area contributed by atoms with Crippen molar-refractivity contribution < 1.29 is 4.74 Å². The molecule has 2 aromatic heterocycles. The van der Waals surface area contributed by atoms with Gasteiger partial charge in [-0.15, -0.1) is 0 Å². The molecule has 2 fully saturated rings. The van der Waals surface area contributed by atoms with Crippen molar-refractivity contribution in [2.75, 3.05) is 0 Å². The van der Waals surface area contributed by atoms with Crippen LogP contribution in [0.3, 0.4) is 0 Å². The highest BCUT2D eigenvalue weighted by atomic mass is 16.5. The SMILES string of the molecule is CCCCCCc1cnc(-c2ccc(C(OC(c3ccc(-c4cnc(CCCCCC)cn4)cc3)C3CCC(CC)CC3)C3CCC(CC)CC3)cc2)cn1. The van der Waals surface area contributed by atoms with Crippen molar-refractivity contribution in [2.24, 2.45) is 23.7 Å². The molecule has 2 unspecified atom stereocenters. The average Bonchev–Trinajstić information content (AvgIpc) is 3.25. The van der Waals surface area contributed by atoms with E-state index >= 15 is 0 Å². The maximum Gasteiger partial charge on any atom is 0.0885 e. The number of rotatable bonds is 20. The van der Waals surface area contributed by atoms with Gasteiger partial charge in [-0.1, -0.05) is 153 Å². The molecule has 6 rings (SSSR count). The van der Waals surface area contributed by atoms with Crippen molar-refractivity contribution in [1.29, 1.82) is 0 Å². The van der Waals surface area contributed by atoms with Crippen molar-refractivity contribution in [2.45, 2.75) is 168 Å². The lowest BCUT2D eigenvalue weighted by Crippen LogP contribution is -2.28. The van der Waals surface area contributed by atoms with Gasteiger partial charge in [-0.3, -0.25) is 19.9 Å². The maximum absolute atomic E-state index is 7.62. The Kier molecular flexibility index (Phi) is 16.3. The molecule has 2 saturated carbocycles. The predicted molar refractivity (Wildman–Crippen MR) is 229 cm³/mol. The minimum absolute atomic E-state index is 0.0627. The molecule has 2 aliphatic carbocycles. The van der Waals surface area contributed by atoms with Gasteiger partial charge >= 0.3 is 0 Å². The van der Waals surface area contributed by atoms with Crippen LogP contribution in [0.2, 0.25) is 0 Å². The van der Waals surface area contributed by atoms with Crippen molar-refractivity contribution in [3.8, 4) is 22.5 Å². The first-order valence-electron chi connectivity index (χ1n) is 22.6. The van der Waals surface area contributed by atoms with Crippen molar-refractivity contribution >= 4 is 0 Å². The fourth-order valence-electron chi connectivity index (χ4n) is 9.30. The zero-order valence-corrected chi connectivity index (χ0v) is 34.7. The molecule has 2 atom stereocenters. The van der Waals surface area contributed by atoms with Gasteiger partial charge in [-0.25, -0.2) is 0 Å². The van der Waals surface area contributed by atoms with Crippen LogP contribution in [-0.4, -0.2) is 19.9 Å². The lowest BCUT2D eigenvalue weighted by atomic mass is 9.75. The van der Waals surface area contributed by atoms with E-state index in [-0.39, 0.29) is 12.2 Å². The summed E-state index contributed by atoms with van der Waals surface area (Å²) in [5, 5.41) is 0. The fraction of sp³-hybridized carbons (Fsp3) is 0.600. The van der Waals surface area contributed by atoms with Crippen LogP contribution in [0.1, 0.15) is 178 Å². The Labute approximate surface area is 334 Å². The average molecular weight is 743 g/mol. The normalized spacial score (nSPS) is 21.3. The largest absolute Gasteiger partial charge is 0.365 e. The number of nitrogens with zero attached hydrogens (tertiary/aromatic N) is 4. The number of ether oxygens (including phenoxy) is 1. The van der Waals surface area contributed by atoms with Crippen LogP contribution in [0.15, 0.2) is 73.3 Å². The second-order valence-corrected chi connectivity index (χ2v) is 17.0. The van der Waals surface area contributed by atoms with Gasteiger partial charge in [0.15, 0.2) is 0 Å². The molecule has 2 aromatic carbocycles. The molecule has 0 bridgehead atoms. The molecule has 296 valence electrons. The summed E-state index contributed by atoms with van der Waals surface area (Å²) in [5.74, 6) is 2.73. The molecule has 2 aliphatic rings. The first-order chi connectivity index (χ1) is 27.1. The Morgan fingerprint density at radius 2 is 0.873 bits per heavy atom. The minimum Gasteiger partial charge on any atom is -0.365 e. The third-order valence-corrected chi connectivity index (χ3v) is 13.1. The Balaban J connectivity index is 1.22. The number of hydrogen-bond donors (Lipinski definition) is 0. The summed E-state index contributed by atoms with van der Waals surface area (Å²) in [5.41, 5.74) is 8.94. The molecule has 0 N–H and O–H groups in total. The monoisotopic (exact) mass is 743 g/mol. The standard InChI is InChI=1S/C50H70N4O/c1-5-9-11-13-15-45-33-53-47(35-51-45)39-25-29-43(30-26-39)49(41-21-17-37(7-3)18-22-41)55-50(42-23-19-38(8-4)20-24-42)44-31-27-40(28-32-44)48-36-52-46(34-54-48)16-14-12-10-6-2/h25-38,41-42,49-50H,5-24H2,1-4H3. The summed E-state index contributed by atoms with van der Waals surface area (Å²) in [4.78, 5) is 19.3. The summed E-state index contributed by atoms with van der Waals surface area (Å²) < 4.78 is 7.62. The third kappa shape index (κ3) is 11.8. The first-order valence-corrected chi connectivity index (χ1v) is 22.6. The van der Waals surface area contributed by atoms with Crippen LogP contribution in [-0.2, 0) is 17.6 Å². The van der Waals surface area contributed by atoms with Gasteiger partial charge in [-0.05, 0) is 86.2 Å². The van der Waals surface area contributed by atoms with E-state index in [0.29, 0.717) is 11.8 Å². The number of hydrogen-bond acceptors (Lipinski definition) is 5. The fourth-order valence-corrected chi connectivity index (χ4v) is 9.30. The molecular weight excluding hydrogens is 673 g/mol. The molecule has 2 heterocycles. The van der Waals surface area contributed by atoms with E-state index in [4.69, 9.17) is 24.7 Å². The van der Waals surface area contributed by atoms with Crippen LogP contribution >= 0.6 is 0 Å². The highest BCUT2D eigenvalue weighted by Crippen LogP contribution is 2.47. The molecule has 5 heteroatoms. The Hall–Kier alpha value is -3.44. The van der Waals surface area contributed by atoms with E-state index in [2.05, 4.69) is 76.2 Å². The van der Waals surface area contributed by atoms with Crippen LogP contribution in [0.4, 0.5) is 0 Å². The zero-order chi connectivity index (χ0) is 38.2. The van der Waals surface area contributed by atoms with Crippen molar-refractivity contribution in [1.82, 2.24) is 19.9 Å². The van der Waals surface area contributed by atoms with Gasteiger partial charge < -0.3 is 4.74 Å². The third-order valence-electron chi connectivity index (χ3n) is 13.1. The summed E-state index contributed by atoms with van der Waals surface area (Å²) >= 11 is 0. The Bertz CT molecular complexity index is 1510. The lowest BCUT2D eigenvalue weighted by Gasteiger charge is -2.40. The van der Waals surface area contributed by atoms with E-state index < -0.39 is 0 Å². The summed E-state index contributed by atoms with van der Waals surface area (Å²) in [6.45, 7) is 9.24. The van der Waals surface area contributed by atoms with E-state index in [1.54, 1.807) is 0 Å². The summed E-state index contributed by atoms with van der Waals surface area (Å²) in [6.07, 6.45) is 32.7. The highest BCUT2D eigenvalue weighted by molar-refractivity contribution is 5.59. The maximum atomic E-state index is 7.62. The topological polar surface area (TPSA) is 60.8 Å². The summed E-state index contributed by atoms with van der Waals surface area (Å²) in [6, 6.07) is 18.3. The van der Waals surface area contributed by atoms with Gasteiger partial charge in [-0.2, -0.15) is 0 Å². The molecular formula is C50H70N4O. The van der Waals surface area contributed by atoms with Gasteiger partial charge in [0.25, 0.3) is 0 Å². The van der Waals surface area contributed by atoms with Gasteiger partial charge in [0.2, 0.25) is 0 Å². The van der Waals surface area contributed by atoms with Crippen LogP contribution in [0, 0.1) is 23.7 Å². The van der Waals surface area contributed by atoms with Gasteiger partial charge in [0.1, 0.15) is 0 Å². The number of unbranched alkanes of at least 4 members (excludes halogenated alkanes) is 6. The number of benzene rings is 2. The smallest absolute Gasteiger partial charge is 0.0885 e. The minimum atomic E-state index is 0.0627. The first kappa shape index (κ1) is 41.2. The summed E-state index contributed by atoms with van der Waals surface area (Å²) in [7, 11) is 0. The lowest BCUT2D eigenvalue weighted by molar-refractivity contribution is -0.0905. The molecule has 0 amide bonds. The molecule has 0 aliphatic heterocycles. The quantitative estimate of drug-likeness (QED) is 0.0844. The highest BCUT2D eigenvalue weighted by Gasteiger charge is 2.35. The molecule has 4 aromatic rings. The Morgan fingerprint density at radius 3 is 1.20 bits per heavy atom. The number of aryl methyl sites for hydroxylation is 2.